The number of hydrogen-bond donors (Lipinski definition) is 2. The highest BCUT2D eigenvalue weighted by Gasteiger charge is 2.33. The maximum Gasteiger partial charge on any atom is 0.259 e. The number of imidazole rings is 1. The number of hydrogen-bond acceptors (Lipinski definition) is 4. The molecule has 3 rings (SSSR count). The van der Waals surface area contributed by atoms with Crippen LogP contribution < -0.4 is 10.0 Å². The third-order valence-corrected chi connectivity index (χ3v) is 6.27. The van der Waals surface area contributed by atoms with Crippen molar-refractivity contribution in [1.29, 1.82) is 0 Å². The lowest BCUT2D eigenvalue weighted by molar-refractivity contribution is 0.181. The molecule has 2 aliphatic heterocycles. The minimum Gasteiger partial charge on any atom is -0.333 e. The number of sulfonamides is 1. The Balaban J connectivity index is 1.69. The first-order valence-electron chi connectivity index (χ1n) is 8.18. The Labute approximate surface area is 132 Å². The zero-order chi connectivity index (χ0) is 15.8. The highest BCUT2D eigenvalue weighted by molar-refractivity contribution is 7.89. The van der Waals surface area contributed by atoms with E-state index < -0.39 is 10.0 Å². The quantitative estimate of drug-likeness (QED) is 0.874. The highest BCUT2D eigenvalue weighted by atomic mass is 32.2. The van der Waals surface area contributed by atoms with Crippen molar-refractivity contribution < 1.29 is 8.42 Å². The molecular weight excluding hydrogens is 300 g/mol. The van der Waals surface area contributed by atoms with Gasteiger partial charge in [-0.2, -0.15) is 0 Å². The topological polar surface area (TPSA) is 76.0 Å². The van der Waals surface area contributed by atoms with Crippen LogP contribution >= 0.6 is 0 Å². The van der Waals surface area contributed by atoms with Crippen molar-refractivity contribution in [2.75, 3.05) is 13.1 Å². The molecule has 0 amide bonds. The largest absolute Gasteiger partial charge is 0.333 e. The van der Waals surface area contributed by atoms with Crippen LogP contribution in [0.5, 0.6) is 0 Å². The summed E-state index contributed by atoms with van der Waals surface area (Å²) >= 11 is 0. The first kappa shape index (κ1) is 16.0. The number of aryl methyl sites for hydroxylation is 2. The van der Waals surface area contributed by atoms with Crippen LogP contribution in [0, 0.1) is 5.41 Å². The number of fused-ring (bicyclic) bond motifs is 1. The zero-order valence-electron chi connectivity index (χ0n) is 13.4. The fourth-order valence-corrected chi connectivity index (χ4v) is 4.43. The molecule has 1 fully saturated rings. The molecule has 6 nitrogen and oxygen atoms in total. The van der Waals surface area contributed by atoms with E-state index in [1.165, 1.54) is 0 Å². The monoisotopic (exact) mass is 326 g/mol. The minimum atomic E-state index is -3.53. The molecule has 1 atom stereocenters. The third kappa shape index (κ3) is 3.21. The first-order valence-corrected chi connectivity index (χ1v) is 9.66. The van der Waals surface area contributed by atoms with Gasteiger partial charge < -0.3 is 9.88 Å². The predicted octanol–water partition coefficient (Wildman–Crippen LogP) is 1.28. The second kappa shape index (κ2) is 5.94. The van der Waals surface area contributed by atoms with Crippen LogP contribution in [-0.2, 0) is 23.0 Å². The van der Waals surface area contributed by atoms with E-state index in [9.17, 15) is 8.42 Å². The van der Waals surface area contributed by atoms with E-state index in [0.717, 1.165) is 51.0 Å². The highest BCUT2D eigenvalue weighted by Crippen LogP contribution is 2.29. The predicted molar refractivity (Wildman–Crippen MR) is 85.2 cm³/mol. The van der Waals surface area contributed by atoms with Gasteiger partial charge in [0.1, 0.15) is 5.82 Å². The summed E-state index contributed by atoms with van der Waals surface area (Å²) in [6, 6.07) is 0.160. The second-order valence-corrected chi connectivity index (χ2v) is 8.81. The normalized spacial score (nSPS) is 24.9. The summed E-state index contributed by atoms with van der Waals surface area (Å²) in [5.41, 5.74) is 0.105. The second-order valence-electron chi connectivity index (χ2n) is 7.10. The lowest BCUT2D eigenvalue weighted by atomic mass is 9.78. The lowest BCUT2D eigenvalue weighted by Gasteiger charge is -2.39. The average Bonchev–Trinajstić information content (AvgIpc) is 2.90. The molecule has 1 unspecified atom stereocenters. The molecule has 0 radical (unpaired) electrons. The molecule has 7 heteroatoms. The molecular formula is C15H26N4O2S. The van der Waals surface area contributed by atoms with E-state index in [4.69, 9.17) is 0 Å². The molecule has 1 saturated heterocycles. The molecule has 2 N–H and O–H groups in total. The van der Waals surface area contributed by atoms with Gasteiger partial charge in [-0.3, -0.25) is 0 Å². The zero-order valence-corrected chi connectivity index (χ0v) is 14.2. The molecule has 0 spiro atoms. The van der Waals surface area contributed by atoms with Gasteiger partial charge in [0.2, 0.25) is 0 Å². The Morgan fingerprint density at radius 3 is 2.95 bits per heavy atom. The van der Waals surface area contributed by atoms with Crippen LogP contribution in [0.15, 0.2) is 11.2 Å². The molecule has 22 heavy (non-hydrogen) atoms. The number of nitrogens with zero attached hydrogens (tertiary/aromatic N) is 2. The Morgan fingerprint density at radius 1 is 1.41 bits per heavy atom. The number of piperidine rings is 1. The molecule has 0 bridgehead atoms. The molecule has 2 aliphatic rings. The summed E-state index contributed by atoms with van der Waals surface area (Å²) in [5.74, 6) is 0.891. The summed E-state index contributed by atoms with van der Waals surface area (Å²) in [5, 5.41) is 3.59. The van der Waals surface area contributed by atoms with Gasteiger partial charge in [-0.25, -0.2) is 18.1 Å². The summed E-state index contributed by atoms with van der Waals surface area (Å²) < 4.78 is 29.7. The van der Waals surface area contributed by atoms with Crippen molar-refractivity contribution in [2.24, 2.45) is 5.41 Å². The van der Waals surface area contributed by atoms with Gasteiger partial charge >= 0.3 is 0 Å². The van der Waals surface area contributed by atoms with Crippen LogP contribution in [0.4, 0.5) is 0 Å². The van der Waals surface area contributed by atoms with E-state index in [0.29, 0.717) is 6.54 Å². The van der Waals surface area contributed by atoms with Gasteiger partial charge in [0, 0.05) is 31.7 Å². The fourth-order valence-electron chi connectivity index (χ4n) is 3.40. The van der Waals surface area contributed by atoms with Gasteiger partial charge in [0.25, 0.3) is 10.0 Å². The first-order chi connectivity index (χ1) is 10.4. The molecule has 0 saturated carbocycles. The standard InChI is InChI=1S/C15H26N4O2S/c1-15(2)7-5-8-16-12(15)10-17-22(20,21)14-11-19-9-4-3-6-13(19)18-14/h11-12,16-17H,3-10H2,1-2H3. The van der Waals surface area contributed by atoms with E-state index in [2.05, 4.69) is 28.9 Å². The molecule has 0 aliphatic carbocycles. The van der Waals surface area contributed by atoms with Crippen molar-refractivity contribution in [2.45, 2.75) is 63.6 Å². The smallest absolute Gasteiger partial charge is 0.259 e. The Kier molecular flexibility index (Phi) is 4.31. The molecule has 124 valence electrons. The molecule has 3 heterocycles. The SMILES string of the molecule is CC1(C)CCCNC1CNS(=O)(=O)c1cn2c(n1)CCCC2. The summed E-state index contributed by atoms with van der Waals surface area (Å²) in [7, 11) is -3.53. The van der Waals surface area contributed by atoms with Gasteiger partial charge in [0.05, 0.1) is 0 Å². The maximum absolute atomic E-state index is 12.5. The molecule has 1 aromatic rings. The van der Waals surface area contributed by atoms with Crippen LogP contribution in [0.2, 0.25) is 0 Å². The van der Waals surface area contributed by atoms with Gasteiger partial charge in [-0.15, -0.1) is 0 Å². The van der Waals surface area contributed by atoms with E-state index in [-0.39, 0.29) is 16.5 Å². The van der Waals surface area contributed by atoms with E-state index in [1.54, 1.807) is 6.20 Å². The number of rotatable bonds is 4. The Morgan fingerprint density at radius 2 is 2.23 bits per heavy atom. The maximum atomic E-state index is 12.5. The van der Waals surface area contributed by atoms with Crippen molar-refractivity contribution >= 4 is 10.0 Å². The number of nitrogens with one attached hydrogen (secondary N) is 2. The number of aromatic nitrogens is 2. The molecule has 1 aromatic heterocycles. The fraction of sp³-hybridized carbons (Fsp3) is 0.800. The Bertz CT molecular complexity index is 612. The van der Waals surface area contributed by atoms with Crippen LogP contribution in [0.3, 0.4) is 0 Å². The van der Waals surface area contributed by atoms with Gasteiger partial charge in [-0.05, 0) is 37.6 Å². The summed E-state index contributed by atoms with van der Waals surface area (Å²) in [6.45, 7) is 6.61. The lowest BCUT2D eigenvalue weighted by Crippen LogP contribution is -2.52. The molecule has 0 aromatic carbocycles. The van der Waals surface area contributed by atoms with Crippen LogP contribution in [0.25, 0.3) is 0 Å². The van der Waals surface area contributed by atoms with Crippen molar-refractivity contribution in [3.05, 3.63) is 12.0 Å². The van der Waals surface area contributed by atoms with Crippen molar-refractivity contribution in [3.63, 3.8) is 0 Å². The van der Waals surface area contributed by atoms with E-state index in [1.807, 2.05) is 4.57 Å². The average molecular weight is 326 g/mol. The van der Waals surface area contributed by atoms with Crippen molar-refractivity contribution in [3.8, 4) is 0 Å². The Hall–Kier alpha value is -0.920. The van der Waals surface area contributed by atoms with Gasteiger partial charge in [0.15, 0.2) is 5.03 Å². The minimum absolute atomic E-state index is 0.105. The van der Waals surface area contributed by atoms with Crippen molar-refractivity contribution in [1.82, 2.24) is 19.6 Å². The third-order valence-electron chi connectivity index (χ3n) is 4.97. The van der Waals surface area contributed by atoms with Crippen LogP contribution in [-0.4, -0.2) is 37.1 Å². The van der Waals surface area contributed by atoms with E-state index >= 15 is 0 Å². The van der Waals surface area contributed by atoms with Gasteiger partial charge in [-0.1, -0.05) is 13.8 Å². The summed E-state index contributed by atoms with van der Waals surface area (Å²) in [4.78, 5) is 4.31. The summed E-state index contributed by atoms with van der Waals surface area (Å²) in [6.07, 6.45) is 6.98. The van der Waals surface area contributed by atoms with Crippen LogP contribution in [0.1, 0.15) is 45.4 Å².